The molecule has 0 radical (unpaired) electrons. The molecule has 0 unspecified atom stereocenters. The summed E-state index contributed by atoms with van der Waals surface area (Å²) >= 11 is 0. The Hall–Kier alpha value is -1.52. The molecule has 0 aliphatic rings. The molecule has 0 aliphatic heterocycles. The van der Waals surface area contributed by atoms with E-state index in [1.807, 2.05) is 20.8 Å². The molecule has 0 aromatic carbocycles. The van der Waals surface area contributed by atoms with Gasteiger partial charge in [0.2, 0.25) is 0 Å². The SMILES string of the molecule is CCn1cc(N)c(C(=O)NCC(C)C)n1. The van der Waals surface area contributed by atoms with Crippen molar-refractivity contribution in [1.29, 1.82) is 0 Å². The van der Waals surface area contributed by atoms with Gasteiger partial charge in [0.05, 0.1) is 5.69 Å². The first kappa shape index (κ1) is 11.6. The van der Waals surface area contributed by atoms with E-state index < -0.39 is 0 Å². The molecule has 1 aromatic rings. The molecular weight excluding hydrogens is 192 g/mol. The van der Waals surface area contributed by atoms with Crippen molar-refractivity contribution in [1.82, 2.24) is 15.1 Å². The van der Waals surface area contributed by atoms with Crippen LogP contribution in [0.2, 0.25) is 0 Å². The van der Waals surface area contributed by atoms with Crippen LogP contribution in [0.1, 0.15) is 31.3 Å². The van der Waals surface area contributed by atoms with E-state index >= 15 is 0 Å². The zero-order valence-corrected chi connectivity index (χ0v) is 9.45. The molecule has 0 fully saturated rings. The minimum absolute atomic E-state index is 0.201. The fourth-order valence-corrected chi connectivity index (χ4v) is 1.16. The highest BCUT2D eigenvalue weighted by atomic mass is 16.1. The predicted octanol–water partition coefficient (Wildman–Crippen LogP) is 0.871. The van der Waals surface area contributed by atoms with Crippen molar-refractivity contribution in [3.8, 4) is 0 Å². The Bertz CT molecular complexity index is 343. The highest BCUT2D eigenvalue weighted by Gasteiger charge is 2.14. The second-order valence-corrected chi connectivity index (χ2v) is 3.89. The van der Waals surface area contributed by atoms with Crippen molar-refractivity contribution >= 4 is 11.6 Å². The molecule has 84 valence electrons. The molecule has 0 aliphatic carbocycles. The fraction of sp³-hybridized carbons (Fsp3) is 0.600. The third kappa shape index (κ3) is 2.97. The Kier molecular flexibility index (Phi) is 3.71. The molecule has 0 spiro atoms. The van der Waals surface area contributed by atoms with Crippen LogP contribution in [0, 0.1) is 5.92 Å². The van der Waals surface area contributed by atoms with Crippen LogP contribution in [0.5, 0.6) is 0 Å². The van der Waals surface area contributed by atoms with Crippen molar-refractivity contribution in [2.24, 2.45) is 5.92 Å². The van der Waals surface area contributed by atoms with Crippen LogP contribution in [0.25, 0.3) is 0 Å². The number of nitrogen functional groups attached to an aromatic ring is 1. The number of amides is 1. The van der Waals surface area contributed by atoms with E-state index in [0.717, 1.165) is 0 Å². The molecule has 0 atom stereocenters. The Morgan fingerprint density at radius 1 is 1.67 bits per heavy atom. The Balaban J connectivity index is 2.68. The molecule has 0 saturated heterocycles. The van der Waals surface area contributed by atoms with Gasteiger partial charge in [-0.3, -0.25) is 9.48 Å². The minimum atomic E-state index is -0.201. The average Bonchev–Trinajstić information content (AvgIpc) is 2.56. The first-order chi connectivity index (χ1) is 7.04. The maximum Gasteiger partial charge on any atom is 0.273 e. The van der Waals surface area contributed by atoms with E-state index in [9.17, 15) is 4.79 Å². The number of aryl methyl sites for hydroxylation is 1. The van der Waals surface area contributed by atoms with Crippen LogP contribution in [0.15, 0.2) is 6.20 Å². The summed E-state index contributed by atoms with van der Waals surface area (Å²) in [6.07, 6.45) is 1.67. The largest absolute Gasteiger partial charge is 0.396 e. The molecule has 3 N–H and O–H groups in total. The first-order valence-corrected chi connectivity index (χ1v) is 5.15. The van der Waals surface area contributed by atoms with Crippen LogP contribution < -0.4 is 11.1 Å². The molecule has 5 heteroatoms. The van der Waals surface area contributed by atoms with E-state index in [2.05, 4.69) is 10.4 Å². The number of hydrogen-bond donors (Lipinski definition) is 2. The second kappa shape index (κ2) is 4.82. The maximum atomic E-state index is 11.6. The van der Waals surface area contributed by atoms with E-state index in [0.29, 0.717) is 30.4 Å². The van der Waals surface area contributed by atoms with Gasteiger partial charge in [-0.1, -0.05) is 13.8 Å². The monoisotopic (exact) mass is 210 g/mol. The van der Waals surface area contributed by atoms with Crippen molar-refractivity contribution in [3.05, 3.63) is 11.9 Å². The zero-order chi connectivity index (χ0) is 11.4. The van der Waals surface area contributed by atoms with Crippen LogP contribution >= 0.6 is 0 Å². The molecule has 1 amide bonds. The summed E-state index contributed by atoms with van der Waals surface area (Å²) in [5.74, 6) is 0.219. The lowest BCUT2D eigenvalue weighted by Crippen LogP contribution is -2.28. The topological polar surface area (TPSA) is 72.9 Å². The Morgan fingerprint density at radius 3 is 2.80 bits per heavy atom. The number of carbonyl (C=O) groups excluding carboxylic acids is 1. The van der Waals surface area contributed by atoms with Gasteiger partial charge < -0.3 is 11.1 Å². The van der Waals surface area contributed by atoms with Gasteiger partial charge in [-0.25, -0.2) is 0 Å². The minimum Gasteiger partial charge on any atom is -0.396 e. The lowest BCUT2D eigenvalue weighted by atomic mass is 10.2. The number of carbonyl (C=O) groups is 1. The summed E-state index contributed by atoms with van der Waals surface area (Å²) in [5.41, 5.74) is 6.43. The molecule has 0 bridgehead atoms. The summed E-state index contributed by atoms with van der Waals surface area (Å²) < 4.78 is 1.65. The van der Waals surface area contributed by atoms with Crippen LogP contribution in [0.4, 0.5) is 5.69 Å². The molecule has 5 nitrogen and oxygen atoms in total. The van der Waals surface area contributed by atoms with Crippen molar-refractivity contribution in [2.75, 3.05) is 12.3 Å². The normalized spacial score (nSPS) is 10.7. The van der Waals surface area contributed by atoms with Crippen molar-refractivity contribution < 1.29 is 4.79 Å². The highest BCUT2D eigenvalue weighted by molar-refractivity contribution is 5.96. The first-order valence-electron chi connectivity index (χ1n) is 5.15. The highest BCUT2D eigenvalue weighted by Crippen LogP contribution is 2.08. The third-order valence-electron chi connectivity index (χ3n) is 2.00. The number of aromatic nitrogens is 2. The second-order valence-electron chi connectivity index (χ2n) is 3.89. The number of rotatable bonds is 4. The van der Waals surface area contributed by atoms with E-state index in [1.54, 1.807) is 10.9 Å². The third-order valence-corrected chi connectivity index (χ3v) is 2.00. The number of nitrogens with two attached hydrogens (primary N) is 1. The molecule has 15 heavy (non-hydrogen) atoms. The van der Waals surface area contributed by atoms with E-state index in [4.69, 9.17) is 5.73 Å². The van der Waals surface area contributed by atoms with Gasteiger partial charge in [-0.05, 0) is 12.8 Å². The summed E-state index contributed by atoms with van der Waals surface area (Å²) in [5, 5.41) is 6.87. The fourth-order valence-electron chi connectivity index (χ4n) is 1.16. The van der Waals surface area contributed by atoms with Gasteiger partial charge in [0.1, 0.15) is 0 Å². The molecule has 0 saturated carbocycles. The smallest absolute Gasteiger partial charge is 0.273 e. The quantitative estimate of drug-likeness (QED) is 0.774. The zero-order valence-electron chi connectivity index (χ0n) is 9.45. The van der Waals surface area contributed by atoms with E-state index in [1.165, 1.54) is 0 Å². The number of nitrogens with zero attached hydrogens (tertiary/aromatic N) is 2. The average molecular weight is 210 g/mol. The van der Waals surface area contributed by atoms with Gasteiger partial charge >= 0.3 is 0 Å². The van der Waals surface area contributed by atoms with Crippen molar-refractivity contribution in [2.45, 2.75) is 27.3 Å². The maximum absolute atomic E-state index is 11.6. The van der Waals surface area contributed by atoms with Gasteiger partial charge in [-0.15, -0.1) is 0 Å². The Morgan fingerprint density at radius 2 is 2.33 bits per heavy atom. The van der Waals surface area contributed by atoms with Crippen molar-refractivity contribution in [3.63, 3.8) is 0 Å². The van der Waals surface area contributed by atoms with Gasteiger partial charge in [-0.2, -0.15) is 5.10 Å². The number of hydrogen-bond acceptors (Lipinski definition) is 3. The predicted molar refractivity (Wildman–Crippen MR) is 59.5 cm³/mol. The van der Waals surface area contributed by atoms with Crippen LogP contribution in [-0.2, 0) is 6.54 Å². The standard InChI is InChI=1S/C10H18N4O/c1-4-14-6-8(11)9(13-14)10(15)12-5-7(2)3/h6-7H,4-5,11H2,1-3H3,(H,12,15). The van der Waals surface area contributed by atoms with Gasteiger partial charge in [0.25, 0.3) is 5.91 Å². The molecule has 1 aromatic heterocycles. The van der Waals surface area contributed by atoms with Crippen LogP contribution in [0.3, 0.4) is 0 Å². The molecule has 1 heterocycles. The van der Waals surface area contributed by atoms with Gasteiger partial charge in [0, 0.05) is 19.3 Å². The summed E-state index contributed by atoms with van der Waals surface area (Å²) in [6, 6.07) is 0. The molecular formula is C10H18N4O. The van der Waals surface area contributed by atoms with Crippen LogP contribution in [-0.4, -0.2) is 22.2 Å². The molecule has 1 rings (SSSR count). The number of anilines is 1. The lowest BCUT2D eigenvalue weighted by molar-refractivity contribution is 0.0944. The number of nitrogens with one attached hydrogen (secondary N) is 1. The Labute approximate surface area is 89.6 Å². The summed E-state index contributed by atoms with van der Waals surface area (Å²) in [7, 11) is 0. The van der Waals surface area contributed by atoms with E-state index in [-0.39, 0.29) is 5.91 Å². The van der Waals surface area contributed by atoms with Gasteiger partial charge in [0.15, 0.2) is 5.69 Å². The summed E-state index contributed by atoms with van der Waals surface area (Å²) in [4.78, 5) is 11.6. The summed E-state index contributed by atoms with van der Waals surface area (Å²) in [6.45, 7) is 7.36. The lowest BCUT2D eigenvalue weighted by Gasteiger charge is -2.05.